The van der Waals surface area contributed by atoms with Crippen LogP contribution in [0.3, 0.4) is 0 Å². The molecule has 0 unspecified atom stereocenters. The normalized spacial score (nSPS) is 11.7. The van der Waals surface area contributed by atoms with E-state index in [1.807, 2.05) is 36.4 Å². The highest BCUT2D eigenvalue weighted by Gasteiger charge is 2.14. The van der Waals surface area contributed by atoms with Gasteiger partial charge in [0, 0.05) is 10.9 Å². The number of anilines is 1. The van der Waals surface area contributed by atoms with Crippen molar-refractivity contribution in [3.63, 3.8) is 0 Å². The van der Waals surface area contributed by atoms with Crippen LogP contribution in [-0.2, 0) is 10.0 Å². The maximum Gasteiger partial charge on any atom is 0.229 e. The van der Waals surface area contributed by atoms with Gasteiger partial charge in [-0.25, -0.2) is 8.42 Å². The Kier molecular flexibility index (Phi) is 4.92. The highest BCUT2D eigenvalue weighted by molar-refractivity contribution is 7.92. The van der Waals surface area contributed by atoms with Crippen LogP contribution in [0, 0.1) is 0 Å². The quantitative estimate of drug-likeness (QED) is 0.688. The highest BCUT2D eigenvalue weighted by atomic mass is 32.2. The van der Waals surface area contributed by atoms with E-state index in [1.165, 1.54) is 5.56 Å². The van der Waals surface area contributed by atoms with Gasteiger partial charge in [-0.3, -0.25) is 4.72 Å². The molecule has 3 rings (SSSR count). The van der Waals surface area contributed by atoms with Gasteiger partial charge in [0.25, 0.3) is 0 Å². The number of nitrogens with one attached hydrogen (secondary N) is 1. The van der Waals surface area contributed by atoms with E-state index in [0.717, 1.165) is 33.9 Å². The van der Waals surface area contributed by atoms with Gasteiger partial charge in [0.15, 0.2) is 0 Å². The van der Waals surface area contributed by atoms with E-state index < -0.39 is 10.0 Å². The van der Waals surface area contributed by atoms with E-state index in [9.17, 15) is 8.42 Å². The van der Waals surface area contributed by atoms with Crippen molar-refractivity contribution in [2.45, 2.75) is 19.8 Å². The molecule has 0 atom stereocenters. The van der Waals surface area contributed by atoms with Gasteiger partial charge in [0.2, 0.25) is 10.0 Å². The molecular formula is C21H23NO3S. The summed E-state index contributed by atoms with van der Waals surface area (Å²) < 4.78 is 31.6. The second-order valence-corrected chi connectivity index (χ2v) is 8.44. The largest absolute Gasteiger partial charge is 0.496 e. The number of rotatable bonds is 5. The summed E-state index contributed by atoms with van der Waals surface area (Å²) >= 11 is 0. The first-order valence-corrected chi connectivity index (χ1v) is 10.4. The molecule has 4 nitrogen and oxygen atoms in total. The molecule has 5 heteroatoms. The highest BCUT2D eigenvalue weighted by Crippen LogP contribution is 2.39. The van der Waals surface area contributed by atoms with Gasteiger partial charge in [-0.15, -0.1) is 0 Å². The first kappa shape index (κ1) is 18.3. The number of hydrogen-bond acceptors (Lipinski definition) is 3. The van der Waals surface area contributed by atoms with E-state index in [1.54, 1.807) is 13.2 Å². The van der Waals surface area contributed by atoms with Crippen LogP contribution >= 0.6 is 0 Å². The van der Waals surface area contributed by atoms with Crippen molar-refractivity contribution in [1.82, 2.24) is 0 Å². The summed E-state index contributed by atoms with van der Waals surface area (Å²) in [5, 5.41) is 1.83. The van der Waals surface area contributed by atoms with Crippen molar-refractivity contribution in [3.05, 3.63) is 60.2 Å². The zero-order valence-corrected chi connectivity index (χ0v) is 16.2. The second kappa shape index (κ2) is 7.00. The zero-order valence-electron chi connectivity index (χ0n) is 15.4. The number of ether oxygens (including phenoxy) is 1. The van der Waals surface area contributed by atoms with E-state index in [-0.39, 0.29) is 0 Å². The number of fused-ring (bicyclic) bond motifs is 1. The third kappa shape index (κ3) is 3.68. The molecule has 0 heterocycles. The summed E-state index contributed by atoms with van der Waals surface area (Å²) in [5.74, 6) is 1.19. The van der Waals surface area contributed by atoms with Crippen LogP contribution in [0.15, 0.2) is 54.6 Å². The summed E-state index contributed by atoms with van der Waals surface area (Å²) in [6, 6.07) is 17.7. The van der Waals surface area contributed by atoms with E-state index >= 15 is 0 Å². The van der Waals surface area contributed by atoms with Crippen LogP contribution in [0.1, 0.15) is 25.3 Å². The van der Waals surface area contributed by atoms with Crippen LogP contribution < -0.4 is 9.46 Å². The minimum absolute atomic E-state index is 0.400. The molecule has 0 aliphatic carbocycles. The van der Waals surface area contributed by atoms with E-state index in [0.29, 0.717) is 11.6 Å². The molecule has 3 aromatic carbocycles. The average Bonchev–Trinajstić information content (AvgIpc) is 2.60. The molecule has 0 radical (unpaired) electrons. The fourth-order valence-corrected chi connectivity index (χ4v) is 3.70. The number of benzene rings is 3. The molecule has 0 saturated carbocycles. The summed E-state index contributed by atoms with van der Waals surface area (Å²) in [5.41, 5.74) is 3.81. The molecular weight excluding hydrogens is 346 g/mol. The van der Waals surface area contributed by atoms with Gasteiger partial charge in [0.05, 0.1) is 19.1 Å². The third-order valence-corrected chi connectivity index (χ3v) is 4.99. The number of sulfonamides is 1. The minimum Gasteiger partial charge on any atom is -0.496 e. The Labute approximate surface area is 154 Å². The van der Waals surface area contributed by atoms with Crippen molar-refractivity contribution in [2.75, 3.05) is 18.1 Å². The van der Waals surface area contributed by atoms with E-state index in [4.69, 9.17) is 4.74 Å². The Hall–Kier alpha value is -2.53. The lowest BCUT2D eigenvalue weighted by molar-refractivity contribution is 0.416. The summed E-state index contributed by atoms with van der Waals surface area (Å²) in [7, 11) is -1.69. The minimum atomic E-state index is -3.35. The van der Waals surface area contributed by atoms with Gasteiger partial charge in [-0.05, 0) is 40.6 Å². The first-order valence-electron chi connectivity index (χ1n) is 8.48. The van der Waals surface area contributed by atoms with E-state index in [2.05, 4.69) is 30.7 Å². The van der Waals surface area contributed by atoms with Crippen LogP contribution in [0.25, 0.3) is 21.9 Å². The molecule has 0 spiro atoms. The molecule has 0 aliphatic rings. The lowest BCUT2D eigenvalue weighted by atomic mass is 9.93. The smallest absolute Gasteiger partial charge is 0.229 e. The van der Waals surface area contributed by atoms with Crippen molar-refractivity contribution >= 4 is 26.5 Å². The molecule has 0 bridgehead atoms. The predicted molar refractivity (Wildman–Crippen MR) is 108 cm³/mol. The molecule has 0 aromatic heterocycles. The molecule has 1 N–H and O–H groups in total. The predicted octanol–water partition coefficient (Wildman–Crippen LogP) is 5.01. The molecule has 26 heavy (non-hydrogen) atoms. The fourth-order valence-electron chi connectivity index (χ4n) is 3.12. The summed E-state index contributed by atoms with van der Waals surface area (Å²) in [4.78, 5) is 0. The third-order valence-electron chi connectivity index (χ3n) is 4.40. The molecule has 0 aliphatic heterocycles. The van der Waals surface area contributed by atoms with Crippen LogP contribution in [0.5, 0.6) is 5.75 Å². The topological polar surface area (TPSA) is 55.4 Å². The maximum atomic E-state index is 11.7. The standard InChI is InChI=1S/C21H23NO3S/c1-14(2)15-9-12-21(25-3)19(13-15)17-10-11-20(22-26(4,23)24)18-8-6-5-7-16(17)18/h5-14,22H,1-4H3. The van der Waals surface area contributed by atoms with Crippen molar-refractivity contribution in [3.8, 4) is 16.9 Å². The Morgan fingerprint density at radius 2 is 1.62 bits per heavy atom. The molecule has 136 valence electrons. The summed E-state index contributed by atoms with van der Waals surface area (Å²) in [6.45, 7) is 4.31. The van der Waals surface area contributed by atoms with Crippen molar-refractivity contribution in [2.24, 2.45) is 0 Å². The molecule has 0 amide bonds. The monoisotopic (exact) mass is 369 g/mol. The second-order valence-electron chi connectivity index (χ2n) is 6.69. The van der Waals surface area contributed by atoms with Crippen LogP contribution in [-0.4, -0.2) is 21.8 Å². The lowest BCUT2D eigenvalue weighted by Crippen LogP contribution is -2.09. The first-order chi connectivity index (χ1) is 12.3. The van der Waals surface area contributed by atoms with Gasteiger partial charge < -0.3 is 4.74 Å². The summed E-state index contributed by atoms with van der Waals surface area (Å²) in [6.07, 6.45) is 1.16. The van der Waals surface area contributed by atoms with Gasteiger partial charge >= 0.3 is 0 Å². The Balaban J connectivity index is 2.27. The zero-order chi connectivity index (χ0) is 18.9. The average molecular weight is 369 g/mol. The molecule has 3 aromatic rings. The Morgan fingerprint density at radius 3 is 2.23 bits per heavy atom. The van der Waals surface area contributed by atoms with Crippen molar-refractivity contribution in [1.29, 1.82) is 0 Å². The van der Waals surface area contributed by atoms with Gasteiger partial charge in [0.1, 0.15) is 5.75 Å². The maximum absolute atomic E-state index is 11.7. The molecule has 0 fully saturated rings. The van der Waals surface area contributed by atoms with Crippen molar-refractivity contribution < 1.29 is 13.2 Å². The SMILES string of the molecule is COc1ccc(C(C)C)cc1-c1ccc(NS(C)(=O)=O)c2ccccc12. The Morgan fingerprint density at radius 1 is 0.923 bits per heavy atom. The van der Waals surface area contributed by atoms with Gasteiger partial charge in [-0.2, -0.15) is 0 Å². The molecule has 0 saturated heterocycles. The van der Waals surface area contributed by atoms with Crippen LogP contribution in [0.4, 0.5) is 5.69 Å². The Bertz CT molecular complexity index is 1060. The fraction of sp³-hybridized carbons (Fsp3) is 0.238. The lowest BCUT2D eigenvalue weighted by Gasteiger charge is -2.16. The number of hydrogen-bond donors (Lipinski definition) is 1. The van der Waals surface area contributed by atoms with Crippen LogP contribution in [0.2, 0.25) is 0 Å². The number of methoxy groups -OCH3 is 1. The van der Waals surface area contributed by atoms with Gasteiger partial charge in [-0.1, -0.05) is 50.2 Å².